The average Bonchev–Trinajstić information content (AvgIpc) is 2.42. The second-order valence-electron chi connectivity index (χ2n) is 4.74. The molecule has 1 saturated carbocycles. The largest absolute Gasteiger partial charge is 0.507 e. The number of hydrazone groups is 1. The van der Waals surface area contributed by atoms with Crippen LogP contribution in [0.2, 0.25) is 0 Å². The molecule has 0 unspecified atom stereocenters. The van der Waals surface area contributed by atoms with E-state index in [0.717, 1.165) is 0 Å². The summed E-state index contributed by atoms with van der Waals surface area (Å²) in [6.45, 7) is 0. The standard InChI is InChI=1S/C14H19N3OS/c18-13-9-5-4-6-11(13)10-15-17-14(19)16-12-7-2-1-3-8-12/h4-6,9-10,12,18H,1-3,7-8H2,(H2,16,17,19)/b15-10+. The van der Waals surface area contributed by atoms with Crippen molar-refractivity contribution in [1.82, 2.24) is 10.7 Å². The molecule has 1 aliphatic carbocycles. The Morgan fingerprint density at radius 3 is 2.74 bits per heavy atom. The Kier molecular flexibility index (Phi) is 5.15. The molecule has 1 aliphatic rings. The molecule has 0 aromatic heterocycles. The number of hydrogen-bond acceptors (Lipinski definition) is 3. The number of aromatic hydroxyl groups is 1. The molecule has 3 N–H and O–H groups in total. The third-order valence-corrected chi connectivity index (χ3v) is 3.46. The Labute approximate surface area is 118 Å². The predicted molar refractivity (Wildman–Crippen MR) is 81.4 cm³/mol. The fraction of sp³-hybridized carbons (Fsp3) is 0.429. The zero-order valence-electron chi connectivity index (χ0n) is 10.8. The van der Waals surface area contributed by atoms with Gasteiger partial charge in [-0.25, -0.2) is 0 Å². The Morgan fingerprint density at radius 1 is 1.26 bits per heavy atom. The van der Waals surface area contributed by atoms with E-state index in [1.165, 1.54) is 32.1 Å². The zero-order valence-corrected chi connectivity index (χ0v) is 11.6. The van der Waals surface area contributed by atoms with Gasteiger partial charge in [-0.15, -0.1) is 0 Å². The fourth-order valence-corrected chi connectivity index (χ4v) is 2.44. The number of phenolic OH excluding ortho intramolecular Hbond substituents is 1. The Hall–Kier alpha value is -1.62. The van der Waals surface area contributed by atoms with E-state index < -0.39 is 0 Å². The molecule has 5 heteroatoms. The summed E-state index contributed by atoms with van der Waals surface area (Å²) in [7, 11) is 0. The number of hydrogen-bond donors (Lipinski definition) is 3. The molecule has 1 aromatic rings. The predicted octanol–water partition coefficient (Wildman–Crippen LogP) is 2.52. The second-order valence-corrected chi connectivity index (χ2v) is 5.15. The summed E-state index contributed by atoms with van der Waals surface area (Å²) in [6.07, 6.45) is 7.76. The summed E-state index contributed by atoms with van der Waals surface area (Å²) in [4.78, 5) is 0. The average molecular weight is 277 g/mol. The van der Waals surface area contributed by atoms with Gasteiger partial charge in [-0.2, -0.15) is 5.10 Å². The van der Waals surface area contributed by atoms with E-state index in [9.17, 15) is 5.11 Å². The summed E-state index contributed by atoms with van der Waals surface area (Å²) in [6, 6.07) is 7.50. The number of nitrogens with zero attached hydrogens (tertiary/aromatic N) is 1. The SMILES string of the molecule is Oc1ccccc1/C=N/NC(=S)NC1CCCCC1. The minimum Gasteiger partial charge on any atom is -0.507 e. The van der Waals surface area contributed by atoms with Gasteiger partial charge >= 0.3 is 0 Å². The van der Waals surface area contributed by atoms with Crippen molar-refractivity contribution in [1.29, 1.82) is 0 Å². The number of rotatable bonds is 3. The molecule has 0 amide bonds. The van der Waals surface area contributed by atoms with Crippen LogP contribution in [0.3, 0.4) is 0 Å². The first-order valence-electron chi connectivity index (χ1n) is 6.63. The monoisotopic (exact) mass is 277 g/mol. The van der Waals surface area contributed by atoms with E-state index in [2.05, 4.69) is 15.8 Å². The number of nitrogens with one attached hydrogen (secondary N) is 2. The molecule has 1 aromatic carbocycles. The number of benzene rings is 1. The van der Waals surface area contributed by atoms with Gasteiger partial charge in [-0.05, 0) is 37.2 Å². The molecule has 0 aliphatic heterocycles. The van der Waals surface area contributed by atoms with Gasteiger partial charge in [0, 0.05) is 11.6 Å². The van der Waals surface area contributed by atoms with E-state index in [1.807, 2.05) is 6.07 Å². The van der Waals surface area contributed by atoms with Gasteiger partial charge in [-0.3, -0.25) is 5.43 Å². The normalized spacial score (nSPS) is 16.4. The van der Waals surface area contributed by atoms with E-state index >= 15 is 0 Å². The van der Waals surface area contributed by atoms with Crippen molar-refractivity contribution in [2.75, 3.05) is 0 Å². The van der Waals surface area contributed by atoms with Crippen molar-refractivity contribution in [2.24, 2.45) is 5.10 Å². The van der Waals surface area contributed by atoms with Crippen LogP contribution in [0.1, 0.15) is 37.7 Å². The van der Waals surface area contributed by atoms with Gasteiger partial charge in [0.05, 0.1) is 6.21 Å². The number of thiocarbonyl (C=S) groups is 1. The van der Waals surface area contributed by atoms with E-state index in [4.69, 9.17) is 12.2 Å². The first-order chi connectivity index (χ1) is 9.25. The smallest absolute Gasteiger partial charge is 0.187 e. The molecule has 0 spiro atoms. The molecule has 1 fully saturated rings. The number of phenols is 1. The third kappa shape index (κ3) is 4.52. The van der Waals surface area contributed by atoms with Crippen LogP contribution < -0.4 is 10.7 Å². The fourth-order valence-electron chi connectivity index (χ4n) is 2.22. The lowest BCUT2D eigenvalue weighted by Gasteiger charge is -2.23. The summed E-state index contributed by atoms with van der Waals surface area (Å²) in [5.41, 5.74) is 3.45. The molecule has 0 radical (unpaired) electrons. The lowest BCUT2D eigenvalue weighted by molar-refractivity contribution is 0.412. The van der Waals surface area contributed by atoms with Crippen LogP contribution in [0, 0.1) is 0 Å². The van der Waals surface area contributed by atoms with Crippen molar-refractivity contribution < 1.29 is 5.11 Å². The molecule has 19 heavy (non-hydrogen) atoms. The Morgan fingerprint density at radius 2 is 2.00 bits per heavy atom. The molecule has 0 saturated heterocycles. The molecule has 0 atom stereocenters. The maximum atomic E-state index is 9.57. The topological polar surface area (TPSA) is 56.7 Å². The minimum atomic E-state index is 0.208. The van der Waals surface area contributed by atoms with Gasteiger partial charge < -0.3 is 10.4 Å². The molecule has 2 rings (SSSR count). The van der Waals surface area contributed by atoms with Gasteiger partial charge in [0.1, 0.15) is 5.75 Å². The first kappa shape index (κ1) is 13.8. The maximum Gasteiger partial charge on any atom is 0.187 e. The number of para-hydroxylation sites is 1. The van der Waals surface area contributed by atoms with Gasteiger partial charge in [0.15, 0.2) is 5.11 Å². The third-order valence-electron chi connectivity index (χ3n) is 3.25. The van der Waals surface area contributed by atoms with E-state index in [-0.39, 0.29) is 5.75 Å². The van der Waals surface area contributed by atoms with Crippen LogP contribution in [0.4, 0.5) is 0 Å². The van der Waals surface area contributed by atoms with Crippen molar-refractivity contribution in [3.05, 3.63) is 29.8 Å². The van der Waals surface area contributed by atoms with Crippen molar-refractivity contribution in [2.45, 2.75) is 38.1 Å². The lowest BCUT2D eigenvalue weighted by atomic mass is 9.96. The Balaban J connectivity index is 1.78. The van der Waals surface area contributed by atoms with Crippen molar-refractivity contribution >= 4 is 23.5 Å². The lowest BCUT2D eigenvalue weighted by Crippen LogP contribution is -2.40. The van der Waals surface area contributed by atoms with E-state index in [0.29, 0.717) is 16.7 Å². The van der Waals surface area contributed by atoms with Crippen molar-refractivity contribution in [3.8, 4) is 5.75 Å². The van der Waals surface area contributed by atoms with Crippen LogP contribution in [-0.2, 0) is 0 Å². The zero-order chi connectivity index (χ0) is 13.5. The van der Waals surface area contributed by atoms with Crippen LogP contribution in [-0.4, -0.2) is 22.5 Å². The van der Waals surface area contributed by atoms with Crippen molar-refractivity contribution in [3.63, 3.8) is 0 Å². The van der Waals surface area contributed by atoms with Gasteiger partial charge in [0.25, 0.3) is 0 Å². The summed E-state index contributed by atoms with van der Waals surface area (Å²) in [5, 5.41) is 17.4. The highest BCUT2D eigenvalue weighted by Crippen LogP contribution is 2.17. The minimum absolute atomic E-state index is 0.208. The molecule has 102 valence electrons. The van der Waals surface area contributed by atoms with E-state index in [1.54, 1.807) is 24.4 Å². The van der Waals surface area contributed by atoms with Gasteiger partial charge in [-0.1, -0.05) is 31.4 Å². The molecule has 0 heterocycles. The van der Waals surface area contributed by atoms with Crippen LogP contribution in [0.25, 0.3) is 0 Å². The first-order valence-corrected chi connectivity index (χ1v) is 7.04. The second kappa shape index (κ2) is 7.09. The summed E-state index contributed by atoms with van der Waals surface area (Å²) < 4.78 is 0. The summed E-state index contributed by atoms with van der Waals surface area (Å²) >= 11 is 5.18. The molecular formula is C14H19N3OS. The van der Waals surface area contributed by atoms with Gasteiger partial charge in [0.2, 0.25) is 0 Å². The highest BCUT2D eigenvalue weighted by Gasteiger charge is 2.13. The Bertz CT molecular complexity index is 456. The molecular weight excluding hydrogens is 258 g/mol. The maximum absolute atomic E-state index is 9.57. The highest BCUT2D eigenvalue weighted by molar-refractivity contribution is 7.80. The quantitative estimate of drug-likeness (QED) is 0.451. The molecule has 4 nitrogen and oxygen atoms in total. The van der Waals surface area contributed by atoms with Crippen LogP contribution in [0.15, 0.2) is 29.4 Å². The van der Waals surface area contributed by atoms with Crippen LogP contribution >= 0.6 is 12.2 Å². The highest BCUT2D eigenvalue weighted by atomic mass is 32.1. The van der Waals surface area contributed by atoms with Crippen LogP contribution in [0.5, 0.6) is 5.75 Å². The summed E-state index contributed by atoms with van der Waals surface area (Å²) in [5.74, 6) is 0.208. The molecule has 0 bridgehead atoms.